The van der Waals surface area contributed by atoms with Gasteiger partial charge in [0.1, 0.15) is 0 Å². The first-order valence-electron chi connectivity index (χ1n) is 23.0. The van der Waals surface area contributed by atoms with Crippen LogP contribution >= 0.6 is 0 Å². The van der Waals surface area contributed by atoms with Gasteiger partial charge >= 0.3 is 0 Å². The minimum Gasteiger partial charge on any atom is -0.307 e. The molecule has 0 radical (unpaired) electrons. The number of hydrogen-bond donors (Lipinski definition) is 0. The van der Waals surface area contributed by atoms with E-state index in [1.807, 2.05) is 12.1 Å². The summed E-state index contributed by atoms with van der Waals surface area (Å²) in [6.45, 7) is 0. The summed E-state index contributed by atoms with van der Waals surface area (Å²) in [5, 5.41) is 4.53. The van der Waals surface area contributed by atoms with Gasteiger partial charge in [0.2, 0.25) is 5.95 Å². The molecule has 5 nitrogen and oxygen atoms in total. The molecule has 5 heteroatoms. The van der Waals surface area contributed by atoms with Crippen molar-refractivity contribution in [3.63, 3.8) is 0 Å². The average molecular weight is 868 g/mol. The lowest BCUT2D eigenvalue weighted by molar-refractivity contribution is 0.953. The normalized spacial score (nSPS) is 11.5. The third kappa shape index (κ3) is 6.76. The SMILES string of the molecule is c1ccc(-c2ccc(-c3nc(-c4cccc(-c5ccccc5)c4)nc(-n4c5ccc(-c6ccccc6)cc5c5ccc6c7cc(-c8ccccc8)ccc7n(-c7ccccc7)c6c54)n3)cc2)cc1. The summed E-state index contributed by atoms with van der Waals surface area (Å²) in [5.41, 5.74) is 16.2. The molecule has 0 aliphatic carbocycles. The van der Waals surface area contributed by atoms with Crippen LogP contribution in [0.25, 0.3) is 123 Å². The van der Waals surface area contributed by atoms with Gasteiger partial charge in [0.15, 0.2) is 11.6 Å². The van der Waals surface area contributed by atoms with E-state index in [4.69, 9.17) is 15.0 Å². The largest absolute Gasteiger partial charge is 0.307 e. The van der Waals surface area contributed by atoms with Crippen LogP contribution in [-0.2, 0) is 0 Å². The smallest absolute Gasteiger partial charge is 0.238 e. The van der Waals surface area contributed by atoms with E-state index in [1.54, 1.807) is 0 Å². The molecule has 68 heavy (non-hydrogen) atoms. The molecule has 0 saturated carbocycles. The number of fused-ring (bicyclic) bond motifs is 7. The zero-order valence-corrected chi connectivity index (χ0v) is 36.9. The van der Waals surface area contributed by atoms with Gasteiger partial charge in [0.05, 0.1) is 22.1 Å². The van der Waals surface area contributed by atoms with E-state index in [0.29, 0.717) is 17.6 Å². The molecular formula is C63H41N5. The molecule has 13 aromatic rings. The quantitative estimate of drug-likeness (QED) is 0.153. The lowest BCUT2D eigenvalue weighted by Gasteiger charge is -2.14. The summed E-state index contributed by atoms with van der Waals surface area (Å²) in [5.74, 6) is 1.72. The van der Waals surface area contributed by atoms with Gasteiger partial charge in [-0.2, -0.15) is 9.97 Å². The molecule has 0 aliphatic rings. The van der Waals surface area contributed by atoms with Crippen LogP contribution in [0.1, 0.15) is 0 Å². The molecule has 3 aromatic heterocycles. The third-order valence-corrected chi connectivity index (χ3v) is 13.2. The van der Waals surface area contributed by atoms with E-state index in [0.717, 1.165) is 88.4 Å². The van der Waals surface area contributed by atoms with Crippen molar-refractivity contribution in [2.75, 3.05) is 0 Å². The van der Waals surface area contributed by atoms with Crippen molar-refractivity contribution in [2.24, 2.45) is 0 Å². The van der Waals surface area contributed by atoms with Gasteiger partial charge < -0.3 is 4.57 Å². The maximum absolute atomic E-state index is 5.50. The van der Waals surface area contributed by atoms with E-state index in [9.17, 15) is 0 Å². The summed E-state index contributed by atoms with van der Waals surface area (Å²) < 4.78 is 4.70. The number of aromatic nitrogens is 5. The molecule has 0 saturated heterocycles. The molecule has 13 rings (SSSR count). The fourth-order valence-corrected chi connectivity index (χ4v) is 9.91. The molecule has 0 amide bonds. The predicted molar refractivity (Wildman–Crippen MR) is 281 cm³/mol. The molecule has 3 heterocycles. The van der Waals surface area contributed by atoms with Crippen LogP contribution in [0.15, 0.2) is 249 Å². The number of benzene rings is 10. The van der Waals surface area contributed by atoms with Crippen molar-refractivity contribution in [3.8, 4) is 78.9 Å². The Bertz CT molecular complexity index is 3970. The van der Waals surface area contributed by atoms with E-state index in [2.05, 4.69) is 246 Å². The highest BCUT2D eigenvalue weighted by atomic mass is 15.2. The Labute approximate surface area is 393 Å². The Kier molecular flexibility index (Phi) is 9.43. The predicted octanol–water partition coefficient (Wildman–Crippen LogP) is 16.1. The van der Waals surface area contributed by atoms with Crippen LogP contribution in [0.5, 0.6) is 0 Å². The van der Waals surface area contributed by atoms with Gasteiger partial charge in [-0.05, 0) is 87.0 Å². The fraction of sp³-hybridized carbons (Fsp3) is 0. The van der Waals surface area contributed by atoms with Crippen molar-refractivity contribution in [1.82, 2.24) is 24.1 Å². The van der Waals surface area contributed by atoms with Crippen LogP contribution in [0.3, 0.4) is 0 Å². The van der Waals surface area contributed by atoms with Crippen molar-refractivity contribution in [3.05, 3.63) is 249 Å². The second-order valence-corrected chi connectivity index (χ2v) is 17.2. The first-order chi connectivity index (χ1) is 33.7. The Morgan fingerprint density at radius 3 is 1.13 bits per heavy atom. The average Bonchev–Trinajstić information content (AvgIpc) is 3.94. The van der Waals surface area contributed by atoms with Gasteiger partial charge in [0, 0.05) is 38.4 Å². The van der Waals surface area contributed by atoms with Crippen LogP contribution in [0.4, 0.5) is 0 Å². The first kappa shape index (κ1) is 39.2. The Morgan fingerprint density at radius 1 is 0.235 bits per heavy atom. The molecule has 0 fully saturated rings. The fourth-order valence-electron chi connectivity index (χ4n) is 9.91. The number of rotatable bonds is 8. The minimum atomic E-state index is 0.539. The second-order valence-electron chi connectivity index (χ2n) is 17.2. The van der Waals surface area contributed by atoms with Gasteiger partial charge in [-0.1, -0.05) is 206 Å². The lowest BCUT2D eigenvalue weighted by Crippen LogP contribution is -2.07. The van der Waals surface area contributed by atoms with Gasteiger partial charge in [0.25, 0.3) is 0 Å². The lowest BCUT2D eigenvalue weighted by atomic mass is 10.0. The molecule has 10 aromatic carbocycles. The Morgan fingerprint density at radius 2 is 0.603 bits per heavy atom. The third-order valence-electron chi connectivity index (χ3n) is 13.2. The highest BCUT2D eigenvalue weighted by molar-refractivity contribution is 6.24. The molecule has 0 bridgehead atoms. The Balaban J connectivity index is 1.13. The molecule has 0 unspecified atom stereocenters. The van der Waals surface area contributed by atoms with Crippen LogP contribution in [0, 0.1) is 0 Å². The summed E-state index contributed by atoms with van der Waals surface area (Å²) in [4.78, 5) is 16.3. The van der Waals surface area contributed by atoms with Gasteiger partial charge in [-0.25, -0.2) is 4.98 Å². The van der Waals surface area contributed by atoms with E-state index in [1.165, 1.54) is 16.5 Å². The van der Waals surface area contributed by atoms with Gasteiger partial charge in [-0.15, -0.1) is 0 Å². The first-order valence-corrected chi connectivity index (χ1v) is 23.0. The highest BCUT2D eigenvalue weighted by Gasteiger charge is 2.24. The van der Waals surface area contributed by atoms with Crippen molar-refractivity contribution < 1.29 is 0 Å². The summed E-state index contributed by atoms with van der Waals surface area (Å²) in [7, 11) is 0. The Hall–Kier alpha value is -9.19. The second kappa shape index (κ2) is 16.4. The summed E-state index contributed by atoms with van der Waals surface area (Å²) in [6.07, 6.45) is 0. The summed E-state index contributed by atoms with van der Waals surface area (Å²) >= 11 is 0. The van der Waals surface area contributed by atoms with E-state index in [-0.39, 0.29) is 0 Å². The van der Waals surface area contributed by atoms with Crippen molar-refractivity contribution in [2.45, 2.75) is 0 Å². The van der Waals surface area contributed by atoms with E-state index >= 15 is 0 Å². The zero-order chi connectivity index (χ0) is 45.0. The topological polar surface area (TPSA) is 48.5 Å². The van der Waals surface area contributed by atoms with Crippen molar-refractivity contribution >= 4 is 43.6 Å². The van der Waals surface area contributed by atoms with Crippen LogP contribution in [-0.4, -0.2) is 24.1 Å². The molecule has 0 N–H and O–H groups in total. The van der Waals surface area contributed by atoms with Gasteiger partial charge in [-0.3, -0.25) is 4.57 Å². The molecule has 318 valence electrons. The number of hydrogen-bond acceptors (Lipinski definition) is 3. The van der Waals surface area contributed by atoms with E-state index < -0.39 is 0 Å². The maximum atomic E-state index is 5.50. The standard InChI is InChI=1S/C63H41N5/c1-6-17-42(18-7-1)46-29-31-47(32-30-46)61-64-62(51-26-16-25-48(39-51)43-19-8-2-9-20-43)66-63(65-61)68-58-38-34-50(45-23-12-4-13-24-45)41-56(58)54-36-35-53-55-40-49(44-21-10-3-11-22-44)33-37-57(55)67(59(53)60(54)68)52-27-14-5-15-28-52/h1-41H. The van der Waals surface area contributed by atoms with Crippen LogP contribution in [0.2, 0.25) is 0 Å². The van der Waals surface area contributed by atoms with Crippen molar-refractivity contribution in [1.29, 1.82) is 0 Å². The monoisotopic (exact) mass is 867 g/mol. The summed E-state index contributed by atoms with van der Waals surface area (Å²) in [6, 6.07) is 88.2. The van der Waals surface area contributed by atoms with Crippen LogP contribution < -0.4 is 0 Å². The number of nitrogens with zero attached hydrogens (tertiary/aromatic N) is 5. The number of para-hydroxylation sites is 1. The highest BCUT2D eigenvalue weighted by Crippen LogP contribution is 2.43. The molecular weight excluding hydrogens is 827 g/mol. The zero-order valence-electron chi connectivity index (χ0n) is 36.9. The molecule has 0 spiro atoms. The molecule has 0 atom stereocenters. The minimum absolute atomic E-state index is 0.539. The molecule has 0 aliphatic heterocycles. The maximum Gasteiger partial charge on any atom is 0.238 e.